The van der Waals surface area contributed by atoms with E-state index >= 15 is 0 Å². The average molecular weight is 435 g/mol. The van der Waals surface area contributed by atoms with Crippen molar-refractivity contribution in [2.45, 2.75) is 31.2 Å². The van der Waals surface area contributed by atoms with Crippen molar-refractivity contribution >= 4 is 35.1 Å². The molecule has 0 spiro atoms. The number of amides is 3. The smallest absolute Gasteiger partial charge is 0.327 e. The second kappa shape index (κ2) is 10.0. The first-order valence-electron chi connectivity index (χ1n) is 8.48. The number of sulfone groups is 1. The van der Waals surface area contributed by atoms with E-state index in [1.54, 1.807) is 0 Å². The number of carbonyl (C=O) groups excluding carboxylic acids is 2. The van der Waals surface area contributed by atoms with Gasteiger partial charge in [-0.25, -0.2) is 13.2 Å². The fourth-order valence-corrected chi connectivity index (χ4v) is 3.30. The van der Waals surface area contributed by atoms with Crippen molar-refractivity contribution in [1.82, 2.24) is 10.6 Å². The van der Waals surface area contributed by atoms with Crippen molar-refractivity contribution in [3.05, 3.63) is 24.3 Å². The fraction of sp³-hybridized carbons (Fsp3) is 0.500. The minimum Gasteiger partial charge on any atom is -0.354 e. The molecule has 0 heterocycles. The minimum absolute atomic E-state index is 0.0758. The summed E-state index contributed by atoms with van der Waals surface area (Å²) in [5, 5.41) is 7.42. The summed E-state index contributed by atoms with van der Waals surface area (Å²) >= 11 is 0. The van der Waals surface area contributed by atoms with Crippen molar-refractivity contribution < 1.29 is 32.4 Å². The monoisotopic (exact) mass is 435 g/mol. The summed E-state index contributed by atoms with van der Waals surface area (Å²) in [6.07, 6.45) is 0.901. The standard InChI is InChI=1S/C16H26N3O7PS/c1-11(2)10-14(15(20)17-8-9-27(22,23)24)19-16(21)18-12-4-6-13(7-5-12)28(3,25)26/h4-7,11,14H,8-10H2,1-3H3,(H,17,20)(H2,18,19,21)(H2,22,23,24)/t14-/m0/s1. The van der Waals surface area contributed by atoms with Gasteiger partial charge in [-0.3, -0.25) is 9.36 Å². The fourth-order valence-electron chi connectivity index (χ4n) is 2.26. The van der Waals surface area contributed by atoms with E-state index in [0.717, 1.165) is 6.26 Å². The molecule has 1 aromatic rings. The highest BCUT2D eigenvalue weighted by molar-refractivity contribution is 7.90. The third kappa shape index (κ3) is 9.32. The van der Waals surface area contributed by atoms with Gasteiger partial charge in [0.2, 0.25) is 5.91 Å². The van der Waals surface area contributed by atoms with E-state index in [4.69, 9.17) is 9.79 Å². The average Bonchev–Trinajstić information content (AvgIpc) is 2.52. The lowest BCUT2D eigenvalue weighted by atomic mass is 10.0. The second-order valence-corrected chi connectivity index (χ2v) is 10.5. The van der Waals surface area contributed by atoms with Crippen LogP contribution in [0.15, 0.2) is 29.2 Å². The molecular formula is C16H26N3O7PS. The molecule has 28 heavy (non-hydrogen) atoms. The second-order valence-electron chi connectivity index (χ2n) is 6.76. The van der Waals surface area contributed by atoms with Crippen molar-refractivity contribution in [2.24, 2.45) is 5.92 Å². The van der Waals surface area contributed by atoms with E-state index in [1.807, 2.05) is 13.8 Å². The van der Waals surface area contributed by atoms with Gasteiger partial charge in [0, 0.05) is 18.5 Å². The predicted molar refractivity (Wildman–Crippen MR) is 105 cm³/mol. The number of hydrogen-bond donors (Lipinski definition) is 5. The van der Waals surface area contributed by atoms with Crippen molar-refractivity contribution in [3.63, 3.8) is 0 Å². The predicted octanol–water partition coefficient (Wildman–Crippen LogP) is 0.920. The number of carbonyl (C=O) groups is 2. The summed E-state index contributed by atoms with van der Waals surface area (Å²) < 4.78 is 33.7. The highest BCUT2D eigenvalue weighted by atomic mass is 32.2. The molecule has 0 aliphatic carbocycles. The van der Waals surface area contributed by atoms with E-state index in [-0.39, 0.29) is 17.4 Å². The summed E-state index contributed by atoms with van der Waals surface area (Å²) in [4.78, 5) is 42.2. The number of rotatable bonds is 9. The quantitative estimate of drug-likeness (QED) is 0.360. The maximum Gasteiger partial charge on any atom is 0.327 e. The molecule has 0 saturated heterocycles. The van der Waals surface area contributed by atoms with Gasteiger partial charge < -0.3 is 25.7 Å². The summed E-state index contributed by atoms with van der Waals surface area (Å²) in [6.45, 7) is 3.51. The Kier molecular flexibility index (Phi) is 8.62. The highest BCUT2D eigenvalue weighted by Gasteiger charge is 2.23. The molecule has 158 valence electrons. The third-order valence-electron chi connectivity index (χ3n) is 3.57. The van der Waals surface area contributed by atoms with E-state index < -0.39 is 41.6 Å². The first kappa shape index (κ1) is 24.1. The first-order chi connectivity index (χ1) is 12.8. The van der Waals surface area contributed by atoms with Crippen molar-refractivity contribution in [2.75, 3.05) is 24.3 Å². The molecule has 1 atom stereocenters. The Morgan fingerprint density at radius 1 is 1.14 bits per heavy atom. The van der Waals surface area contributed by atoms with Crippen LogP contribution in [0.2, 0.25) is 0 Å². The van der Waals surface area contributed by atoms with E-state index in [9.17, 15) is 22.6 Å². The van der Waals surface area contributed by atoms with Crippen molar-refractivity contribution in [3.8, 4) is 0 Å². The van der Waals surface area contributed by atoms with Gasteiger partial charge >= 0.3 is 13.6 Å². The van der Waals surface area contributed by atoms with Gasteiger partial charge in [-0.2, -0.15) is 0 Å². The Morgan fingerprint density at radius 3 is 2.18 bits per heavy atom. The normalized spacial score (nSPS) is 13.1. The Bertz CT molecular complexity index is 834. The topological polar surface area (TPSA) is 162 Å². The Labute approximate surface area is 164 Å². The van der Waals surface area contributed by atoms with Crippen LogP contribution in [0.3, 0.4) is 0 Å². The molecule has 5 N–H and O–H groups in total. The molecular weight excluding hydrogens is 409 g/mol. The van der Waals surface area contributed by atoms with Gasteiger partial charge in [-0.05, 0) is 36.6 Å². The highest BCUT2D eigenvalue weighted by Crippen LogP contribution is 2.32. The molecule has 0 unspecified atom stereocenters. The molecule has 0 fully saturated rings. The maximum atomic E-state index is 12.2. The van der Waals surface area contributed by atoms with Crippen LogP contribution >= 0.6 is 7.60 Å². The van der Waals surface area contributed by atoms with Crippen LogP contribution in [-0.2, 0) is 19.2 Å². The minimum atomic E-state index is -4.23. The zero-order valence-corrected chi connectivity index (χ0v) is 17.6. The van der Waals surface area contributed by atoms with E-state index in [1.165, 1.54) is 24.3 Å². The zero-order valence-electron chi connectivity index (χ0n) is 15.9. The van der Waals surface area contributed by atoms with E-state index in [0.29, 0.717) is 12.1 Å². The van der Waals surface area contributed by atoms with Crippen LogP contribution in [0, 0.1) is 5.92 Å². The van der Waals surface area contributed by atoms with Crippen molar-refractivity contribution in [1.29, 1.82) is 0 Å². The van der Waals surface area contributed by atoms with Gasteiger partial charge in [-0.15, -0.1) is 0 Å². The number of benzene rings is 1. The zero-order chi connectivity index (χ0) is 21.5. The summed E-state index contributed by atoms with van der Waals surface area (Å²) in [5.74, 6) is -0.475. The molecule has 0 radical (unpaired) electrons. The number of nitrogens with one attached hydrogen (secondary N) is 3. The first-order valence-corrected chi connectivity index (χ1v) is 12.2. The number of anilines is 1. The van der Waals surface area contributed by atoms with Crippen LogP contribution in [0.25, 0.3) is 0 Å². The van der Waals surface area contributed by atoms with E-state index in [2.05, 4.69) is 16.0 Å². The summed E-state index contributed by atoms with van der Waals surface area (Å²) in [5.41, 5.74) is 0.343. The SMILES string of the molecule is CC(C)C[C@H](NC(=O)Nc1ccc(S(C)(=O)=O)cc1)C(=O)NCCP(=O)(O)O. The number of hydrogen-bond acceptors (Lipinski definition) is 5. The Morgan fingerprint density at radius 2 is 1.71 bits per heavy atom. The lowest BCUT2D eigenvalue weighted by Gasteiger charge is -2.20. The largest absolute Gasteiger partial charge is 0.354 e. The molecule has 0 saturated carbocycles. The van der Waals surface area contributed by atoms with Crippen LogP contribution in [0.5, 0.6) is 0 Å². The summed E-state index contributed by atoms with van der Waals surface area (Å²) in [6, 6.07) is 3.99. The van der Waals surface area contributed by atoms with Crippen LogP contribution < -0.4 is 16.0 Å². The lowest BCUT2D eigenvalue weighted by molar-refractivity contribution is -0.123. The summed E-state index contributed by atoms with van der Waals surface area (Å²) in [7, 11) is -7.57. The molecule has 10 nitrogen and oxygen atoms in total. The molecule has 0 aromatic heterocycles. The third-order valence-corrected chi connectivity index (χ3v) is 5.51. The van der Waals surface area contributed by atoms with Crippen LogP contribution in [0.1, 0.15) is 20.3 Å². The Hall–Kier alpha value is -1.94. The van der Waals surface area contributed by atoms with Crippen LogP contribution in [0.4, 0.5) is 10.5 Å². The molecule has 1 aromatic carbocycles. The molecule has 0 aliphatic heterocycles. The molecule has 0 bridgehead atoms. The molecule has 1 rings (SSSR count). The Balaban J connectivity index is 2.70. The molecule has 3 amide bonds. The maximum absolute atomic E-state index is 12.2. The van der Waals surface area contributed by atoms with Gasteiger partial charge in [0.1, 0.15) is 6.04 Å². The van der Waals surface area contributed by atoms with Gasteiger partial charge in [0.05, 0.1) is 11.1 Å². The van der Waals surface area contributed by atoms with Crippen LogP contribution in [-0.4, -0.2) is 55.1 Å². The molecule has 12 heteroatoms. The van der Waals surface area contributed by atoms with Gasteiger partial charge in [-0.1, -0.05) is 13.8 Å². The van der Waals surface area contributed by atoms with Gasteiger partial charge in [0.25, 0.3) is 0 Å². The van der Waals surface area contributed by atoms with Gasteiger partial charge in [0.15, 0.2) is 9.84 Å². The number of urea groups is 1. The molecule has 0 aliphatic rings. The lowest BCUT2D eigenvalue weighted by Crippen LogP contribution is -2.49.